The summed E-state index contributed by atoms with van der Waals surface area (Å²) in [5, 5.41) is 14.7. The van der Waals surface area contributed by atoms with Gasteiger partial charge >= 0.3 is 11.3 Å². The number of hydrogen-bond acceptors (Lipinski definition) is 3. The number of thiol groups is 2. The first-order valence-corrected chi connectivity index (χ1v) is 5.40. The van der Waals surface area contributed by atoms with Crippen molar-refractivity contribution in [1.82, 2.24) is 0 Å². The molecule has 0 bridgehead atoms. The third-order valence-corrected chi connectivity index (χ3v) is 1.82. The second-order valence-corrected chi connectivity index (χ2v) is 3.59. The van der Waals surface area contributed by atoms with Crippen LogP contribution in [0.2, 0.25) is 0 Å². The minimum absolute atomic E-state index is 0.331. The van der Waals surface area contributed by atoms with Crippen LogP contribution in [0.5, 0.6) is 0 Å². The Morgan fingerprint density at radius 2 is 1.56 bits per heavy atom. The lowest BCUT2D eigenvalue weighted by Crippen LogP contribution is -1.96. The van der Waals surface area contributed by atoms with Gasteiger partial charge in [0.1, 0.15) is 0 Å². The van der Waals surface area contributed by atoms with Crippen LogP contribution in [-0.4, -0.2) is 27.2 Å². The second kappa shape index (κ2) is 8.06. The zero-order chi connectivity index (χ0) is 12.6. The Bertz CT molecular complexity index is 344. The summed E-state index contributed by atoms with van der Waals surface area (Å²) in [5.41, 5.74) is 1.45. The number of aromatic carboxylic acids is 1. The van der Waals surface area contributed by atoms with Crippen LogP contribution < -0.4 is 0 Å². The lowest BCUT2D eigenvalue weighted by Gasteiger charge is -1.98. The molecule has 0 aliphatic carbocycles. The third-order valence-electron chi connectivity index (χ3n) is 1.60. The van der Waals surface area contributed by atoms with E-state index < -0.39 is 11.3 Å². The summed E-state index contributed by atoms with van der Waals surface area (Å²) in [6.07, 6.45) is 0.878. The molecule has 1 rings (SSSR count). The number of rotatable bonds is 3. The summed E-state index contributed by atoms with van der Waals surface area (Å²) < 4.78 is 0. The van der Waals surface area contributed by atoms with Gasteiger partial charge in [0.15, 0.2) is 0 Å². The predicted octanol–water partition coefficient (Wildman–Crippen LogP) is 2.45. The molecule has 6 heteroatoms. The van der Waals surface area contributed by atoms with Crippen LogP contribution >= 0.6 is 25.3 Å². The molecular formula is C10H12O4S2. The van der Waals surface area contributed by atoms with E-state index in [1.54, 1.807) is 12.1 Å². The molecule has 0 saturated heterocycles. The van der Waals surface area contributed by atoms with E-state index >= 15 is 0 Å². The largest absolute Gasteiger partial charge is 0.478 e. The van der Waals surface area contributed by atoms with E-state index in [-0.39, 0.29) is 0 Å². The van der Waals surface area contributed by atoms with Gasteiger partial charge in [-0.1, -0.05) is 24.8 Å². The Morgan fingerprint density at radius 1 is 1.12 bits per heavy atom. The zero-order valence-corrected chi connectivity index (χ0v) is 10.1. The molecule has 88 valence electrons. The van der Waals surface area contributed by atoms with Gasteiger partial charge in [-0.05, 0) is 29.9 Å². The average molecular weight is 260 g/mol. The van der Waals surface area contributed by atoms with Gasteiger partial charge in [-0.25, -0.2) is 9.59 Å². The quantitative estimate of drug-likeness (QED) is 0.630. The van der Waals surface area contributed by atoms with E-state index in [9.17, 15) is 4.79 Å². The number of carbonyl (C=O) groups is 2. The van der Waals surface area contributed by atoms with E-state index in [1.807, 2.05) is 12.1 Å². The van der Waals surface area contributed by atoms with Crippen molar-refractivity contribution in [2.75, 3.05) is 5.75 Å². The van der Waals surface area contributed by atoms with E-state index in [2.05, 4.69) is 25.3 Å². The molecule has 0 saturated carbocycles. The van der Waals surface area contributed by atoms with Crippen LogP contribution in [0.3, 0.4) is 0 Å². The minimum atomic E-state index is -1.14. The van der Waals surface area contributed by atoms with E-state index in [1.165, 1.54) is 0 Å². The molecule has 0 aliphatic rings. The highest BCUT2D eigenvalue weighted by Crippen LogP contribution is 2.05. The second-order valence-electron chi connectivity index (χ2n) is 2.76. The molecule has 0 aliphatic heterocycles. The molecule has 0 heterocycles. The highest BCUT2D eigenvalue weighted by Gasteiger charge is 2.00. The molecule has 0 radical (unpaired) electrons. The number of carboxylic acids is 1. The Hall–Kier alpha value is -1.14. The number of benzene rings is 1. The predicted molar refractivity (Wildman–Crippen MR) is 68.0 cm³/mol. The van der Waals surface area contributed by atoms with Gasteiger partial charge in [0.2, 0.25) is 0 Å². The molecule has 2 N–H and O–H groups in total. The van der Waals surface area contributed by atoms with E-state index in [0.717, 1.165) is 17.7 Å². The summed E-state index contributed by atoms with van der Waals surface area (Å²) >= 11 is 6.96. The Morgan fingerprint density at radius 3 is 1.88 bits per heavy atom. The summed E-state index contributed by atoms with van der Waals surface area (Å²) in [7, 11) is 0. The molecule has 4 nitrogen and oxygen atoms in total. The number of aryl methyl sites for hydroxylation is 1. The number of carboxylic acid groups (broad SMARTS) is 2. The van der Waals surface area contributed by atoms with Crippen LogP contribution in [-0.2, 0) is 6.42 Å². The van der Waals surface area contributed by atoms with E-state index in [4.69, 9.17) is 15.0 Å². The monoisotopic (exact) mass is 260 g/mol. The lowest BCUT2D eigenvalue weighted by molar-refractivity contribution is 0.0697. The molecule has 0 atom stereocenters. The highest BCUT2D eigenvalue weighted by atomic mass is 32.1. The molecule has 1 aromatic carbocycles. The van der Waals surface area contributed by atoms with E-state index in [0.29, 0.717) is 5.56 Å². The Balaban J connectivity index is 0.000000487. The van der Waals surface area contributed by atoms with Crippen LogP contribution in [0, 0.1) is 0 Å². The van der Waals surface area contributed by atoms with Crippen molar-refractivity contribution < 1.29 is 19.8 Å². The first-order valence-electron chi connectivity index (χ1n) is 4.32. The van der Waals surface area contributed by atoms with Crippen LogP contribution in [0.15, 0.2) is 24.3 Å². The molecule has 0 amide bonds. The van der Waals surface area contributed by atoms with Crippen LogP contribution in [0.25, 0.3) is 0 Å². The van der Waals surface area contributed by atoms with Crippen LogP contribution in [0.1, 0.15) is 15.9 Å². The maximum Gasteiger partial charge on any atom is 0.361 e. The average Bonchev–Trinajstić information content (AvgIpc) is 2.18. The van der Waals surface area contributed by atoms with Crippen LogP contribution in [0.4, 0.5) is 4.79 Å². The van der Waals surface area contributed by atoms with Gasteiger partial charge in [0.25, 0.3) is 0 Å². The van der Waals surface area contributed by atoms with Gasteiger partial charge in [-0.2, -0.15) is 12.6 Å². The van der Waals surface area contributed by atoms with Gasteiger partial charge in [0.05, 0.1) is 5.56 Å². The van der Waals surface area contributed by atoms with Gasteiger partial charge < -0.3 is 10.2 Å². The minimum Gasteiger partial charge on any atom is -0.478 e. The lowest BCUT2D eigenvalue weighted by atomic mass is 10.1. The summed E-state index contributed by atoms with van der Waals surface area (Å²) in [4.78, 5) is 19.3. The Kier molecular flexibility index (Phi) is 7.49. The molecular weight excluding hydrogens is 248 g/mol. The van der Waals surface area contributed by atoms with Crippen molar-refractivity contribution in [3.8, 4) is 0 Å². The molecule has 1 aromatic rings. The maximum atomic E-state index is 10.5. The summed E-state index contributed by atoms with van der Waals surface area (Å²) in [5.74, 6) is -0.0979. The zero-order valence-electron chi connectivity index (χ0n) is 8.33. The molecule has 0 aromatic heterocycles. The molecule has 0 spiro atoms. The standard InChI is InChI=1S/C9H10O2S.CH2O2S/c10-9(11)8-3-1-7(2-4-8)5-6-12;2-1(3)4/h1-4,12H,5-6H2,(H,10,11);4H,(H,2,3). The molecule has 0 unspecified atom stereocenters. The summed E-state index contributed by atoms with van der Waals surface area (Å²) in [6, 6.07) is 6.86. The fraction of sp³-hybridized carbons (Fsp3) is 0.200. The fourth-order valence-electron chi connectivity index (χ4n) is 0.943. The molecule has 16 heavy (non-hydrogen) atoms. The highest BCUT2D eigenvalue weighted by molar-refractivity contribution is 7.96. The summed E-state index contributed by atoms with van der Waals surface area (Å²) in [6.45, 7) is 0. The number of hydrogen-bond donors (Lipinski definition) is 4. The van der Waals surface area contributed by atoms with Gasteiger partial charge in [0, 0.05) is 0 Å². The third kappa shape index (κ3) is 7.19. The van der Waals surface area contributed by atoms with Gasteiger partial charge in [-0.3, -0.25) is 0 Å². The van der Waals surface area contributed by atoms with Gasteiger partial charge in [-0.15, -0.1) is 0 Å². The SMILES string of the molecule is O=C(O)S.O=C(O)c1ccc(CCS)cc1. The Labute approximate surface area is 104 Å². The van der Waals surface area contributed by atoms with Crippen molar-refractivity contribution >= 4 is 36.5 Å². The van der Waals surface area contributed by atoms with Crippen molar-refractivity contribution in [3.05, 3.63) is 35.4 Å². The van der Waals surface area contributed by atoms with Crippen molar-refractivity contribution in [2.45, 2.75) is 6.42 Å². The van der Waals surface area contributed by atoms with Crippen molar-refractivity contribution in [2.24, 2.45) is 0 Å². The topological polar surface area (TPSA) is 74.6 Å². The smallest absolute Gasteiger partial charge is 0.361 e. The molecule has 0 fully saturated rings. The van der Waals surface area contributed by atoms with Crippen molar-refractivity contribution in [3.63, 3.8) is 0 Å². The maximum absolute atomic E-state index is 10.5. The normalized spacial score (nSPS) is 8.88. The first-order chi connectivity index (χ1) is 7.47. The fourth-order valence-corrected chi connectivity index (χ4v) is 1.20. The first kappa shape index (κ1) is 14.9. The van der Waals surface area contributed by atoms with Crippen molar-refractivity contribution in [1.29, 1.82) is 0 Å².